The number of hydrogen-bond donors (Lipinski definition) is 1. The topological polar surface area (TPSA) is 115 Å². The molecule has 0 amide bonds. The van der Waals surface area contributed by atoms with Crippen molar-refractivity contribution in [2.75, 3.05) is 6.26 Å². The summed E-state index contributed by atoms with van der Waals surface area (Å²) in [6.07, 6.45) is 1.61. The molecule has 0 aliphatic carbocycles. The van der Waals surface area contributed by atoms with Crippen molar-refractivity contribution < 1.29 is 23.2 Å². The van der Waals surface area contributed by atoms with Crippen LogP contribution in [0.3, 0.4) is 0 Å². The minimum Gasteiger partial charge on any atom is -0.477 e. The Morgan fingerprint density at radius 3 is 2.54 bits per heavy atom. The van der Waals surface area contributed by atoms with Crippen molar-refractivity contribution >= 4 is 72.1 Å². The van der Waals surface area contributed by atoms with Crippen LogP contribution in [-0.4, -0.2) is 30.7 Å². The van der Waals surface area contributed by atoms with Crippen LogP contribution in [0.4, 0.5) is 5.69 Å². The van der Waals surface area contributed by atoms with E-state index in [1.807, 2.05) is 0 Å². The van der Waals surface area contributed by atoms with E-state index < -0.39 is 26.4 Å². The predicted molar refractivity (Wildman–Crippen MR) is 94.3 cm³/mol. The summed E-state index contributed by atoms with van der Waals surface area (Å²) in [6, 6.07) is 3.04. The molecule has 0 fully saturated rings. The second-order valence-corrected chi connectivity index (χ2v) is 9.55. The zero-order valence-electron chi connectivity index (χ0n) is 11.6. The molecule has 1 N–H and O–H groups in total. The fourth-order valence-corrected chi connectivity index (χ4v) is 6.42. The Hall–Kier alpha value is -1.14. The van der Waals surface area contributed by atoms with Gasteiger partial charge in [-0.05, 0) is 34.3 Å². The minimum absolute atomic E-state index is 0.0522. The molecule has 1 aromatic heterocycles. The average Bonchev–Trinajstić information content (AvgIpc) is 2.94. The number of sulfone groups is 1. The lowest BCUT2D eigenvalue weighted by atomic mass is 10.3. The molecule has 2 rings (SSSR count). The van der Waals surface area contributed by atoms with Gasteiger partial charge >= 0.3 is 5.97 Å². The molecule has 1 aromatic carbocycles. The van der Waals surface area contributed by atoms with E-state index in [4.69, 9.17) is 16.7 Å². The molecule has 24 heavy (non-hydrogen) atoms. The molecule has 1 heterocycles. The zero-order chi connectivity index (χ0) is 18.2. The molecule has 0 saturated heterocycles. The molecule has 0 bridgehead atoms. The molecule has 0 radical (unpaired) electrons. The van der Waals surface area contributed by atoms with Gasteiger partial charge in [0.25, 0.3) is 5.69 Å². The number of carbonyl (C=O) groups is 1. The molecule has 0 aliphatic heterocycles. The number of nitro benzene ring substituents is 1. The number of thiophene rings is 1. The zero-order valence-corrected chi connectivity index (χ0v) is 16.4. The number of hydrogen-bond acceptors (Lipinski definition) is 7. The van der Waals surface area contributed by atoms with Gasteiger partial charge in [-0.3, -0.25) is 10.1 Å². The Balaban J connectivity index is 2.72. The standard InChI is InChI=1S/C12H7BrClNO6S3/c1-22-12-9(4-8(23-12)11(16)17)24(20,21)5-2-6(13)10(14)7(3-5)15(18)19/h2-4H,1H3,(H,16,17). The van der Waals surface area contributed by atoms with Crippen LogP contribution in [0.2, 0.25) is 5.02 Å². The highest BCUT2D eigenvalue weighted by molar-refractivity contribution is 9.10. The van der Waals surface area contributed by atoms with Crippen molar-refractivity contribution in [3.8, 4) is 0 Å². The molecule has 128 valence electrons. The lowest BCUT2D eigenvalue weighted by Gasteiger charge is -2.06. The Labute approximate surface area is 157 Å². The first-order valence-corrected chi connectivity index (χ1v) is 10.6. The maximum atomic E-state index is 12.8. The van der Waals surface area contributed by atoms with Crippen LogP contribution >= 0.6 is 50.6 Å². The molecule has 0 unspecified atom stereocenters. The van der Waals surface area contributed by atoms with Crippen LogP contribution in [0.1, 0.15) is 9.67 Å². The second kappa shape index (κ2) is 7.00. The third kappa shape index (κ3) is 3.45. The summed E-state index contributed by atoms with van der Waals surface area (Å²) in [6.45, 7) is 0. The fraction of sp³-hybridized carbons (Fsp3) is 0.0833. The Morgan fingerprint density at radius 1 is 1.42 bits per heavy atom. The second-order valence-electron chi connectivity index (χ2n) is 4.27. The van der Waals surface area contributed by atoms with Crippen molar-refractivity contribution in [2.24, 2.45) is 0 Å². The van der Waals surface area contributed by atoms with Gasteiger partial charge < -0.3 is 5.11 Å². The average molecular weight is 473 g/mol. The number of halogens is 2. The number of carboxylic acid groups (broad SMARTS) is 1. The van der Waals surface area contributed by atoms with Crippen molar-refractivity contribution in [1.82, 2.24) is 0 Å². The number of aromatic carboxylic acids is 1. The van der Waals surface area contributed by atoms with Gasteiger partial charge in [0, 0.05) is 10.5 Å². The van der Waals surface area contributed by atoms with Crippen molar-refractivity contribution in [3.05, 3.63) is 42.7 Å². The van der Waals surface area contributed by atoms with E-state index in [1.165, 1.54) is 0 Å². The van der Waals surface area contributed by atoms with Gasteiger partial charge in [0.05, 0.1) is 18.9 Å². The van der Waals surface area contributed by atoms with E-state index in [9.17, 15) is 23.3 Å². The molecular formula is C12H7BrClNO6S3. The molecule has 12 heteroatoms. The van der Waals surface area contributed by atoms with Gasteiger partial charge in [-0.25, -0.2) is 13.2 Å². The maximum Gasteiger partial charge on any atom is 0.345 e. The highest BCUT2D eigenvalue weighted by Crippen LogP contribution is 2.40. The van der Waals surface area contributed by atoms with E-state index >= 15 is 0 Å². The van der Waals surface area contributed by atoms with E-state index in [-0.39, 0.29) is 28.4 Å². The first kappa shape index (κ1) is 19.2. The molecule has 2 aromatic rings. The summed E-state index contributed by atoms with van der Waals surface area (Å²) in [4.78, 5) is 20.6. The first-order chi connectivity index (χ1) is 11.1. The third-order valence-electron chi connectivity index (χ3n) is 2.84. The Bertz CT molecular complexity index is 956. The van der Waals surface area contributed by atoms with E-state index in [1.54, 1.807) is 6.26 Å². The Morgan fingerprint density at radius 2 is 2.04 bits per heavy atom. The minimum atomic E-state index is -4.16. The highest BCUT2D eigenvalue weighted by atomic mass is 79.9. The van der Waals surface area contributed by atoms with Crippen molar-refractivity contribution in [2.45, 2.75) is 14.0 Å². The summed E-state index contributed by atoms with van der Waals surface area (Å²) in [5, 5.41) is 19.9. The van der Waals surface area contributed by atoms with Gasteiger partial charge in [-0.15, -0.1) is 23.1 Å². The predicted octanol–water partition coefficient (Wildman–Crippen LogP) is 4.33. The lowest BCUT2D eigenvalue weighted by molar-refractivity contribution is -0.385. The van der Waals surface area contributed by atoms with Crippen LogP contribution in [0.25, 0.3) is 0 Å². The molecule has 0 spiro atoms. The smallest absolute Gasteiger partial charge is 0.345 e. The number of thioether (sulfide) groups is 1. The van der Waals surface area contributed by atoms with Gasteiger partial charge in [0.2, 0.25) is 9.84 Å². The van der Waals surface area contributed by atoms with Crippen LogP contribution in [-0.2, 0) is 9.84 Å². The molecule has 0 atom stereocenters. The SMILES string of the molecule is CSc1sc(C(=O)O)cc1S(=O)(=O)c1cc(Br)c(Cl)c([N+](=O)[O-])c1. The number of nitro groups is 1. The quantitative estimate of drug-likeness (QED) is 0.391. The van der Waals surface area contributed by atoms with Gasteiger partial charge in [0.1, 0.15) is 9.90 Å². The largest absolute Gasteiger partial charge is 0.477 e. The molecular weight excluding hydrogens is 466 g/mol. The summed E-state index contributed by atoms with van der Waals surface area (Å²) >= 11 is 10.7. The Kier molecular flexibility index (Phi) is 5.60. The summed E-state index contributed by atoms with van der Waals surface area (Å²) in [5.41, 5.74) is -0.566. The maximum absolute atomic E-state index is 12.8. The van der Waals surface area contributed by atoms with Crippen molar-refractivity contribution in [3.63, 3.8) is 0 Å². The number of carboxylic acids is 1. The first-order valence-electron chi connectivity index (χ1n) is 5.89. The van der Waals surface area contributed by atoms with E-state index in [0.717, 1.165) is 41.3 Å². The fourth-order valence-electron chi connectivity index (χ4n) is 1.76. The summed E-state index contributed by atoms with van der Waals surface area (Å²) in [7, 11) is -4.16. The monoisotopic (exact) mass is 471 g/mol. The molecule has 0 aliphatic rings. The summed E-state index contributed by atoms with van der Waals surface area (Å²) in [5.74, 6) is -1.25. The lowest BCUT2D eigenvalue weighted by Crippen LogP contribution is -2.04. The molecule has 7 nitrogen and oxygen atoms in total. The van der Waals surface area contributed by atoms with Crippen LogP contribution in [0, 0.1) is 10.1 Å². The van der Waals surface area contributed by atoms with Gasteiger partial charge in [-0.1, -0.05) is 11.6 Å². The third-order valence-corrected chi connectivity index (χ3v) is 8.37. The number of benzene rings is 1. The van der Waals surface area contributed by atoms with Crippen molar-refractivity contribution in [1.29, 1.82) is 0 Å². The molecule has 0 saturated carbocycles. The normalized spacial score (nSPS) is 11.5. The van der Waals surface area contributed by atoms with Gasteiger partial charge in [-0.2, -0.15) is 0 Å². The van der Waals surface area contributed by atoms with E-state index in [0.29, 0.717) is 0 Å². The van der Waals surface area contributed by atoms with Crippen LogP contribution < -0.4 is 0 Å². The van der Waals surface area contributed by atoms with E-state index in [2.05, 4.69) is 15.9 Å². The summed E-state index contributed by atoms with van der Waals surface area (Å²) < 4.78 is 25.9. The number of nitrogens with zero attached hydrogens (tertiary/aromatic N) is 1. The van der Waals surface area contributed by atoms with Gasteiger partial charge in [0.15, 0.2) is 0 Å². The van der Waals surface area contributed by atoms with Crippen LogP contribution in [0.15, 0.2) is 36.7 Å². The number of rotatable bonds is 5. The highest BCUT2D eigenvalue weighted by Gasteiger charge is 2.29. The van der Waals surface area contributed by atoms with Crippen LogP contribution in [0.5, 0.6) is 0 Å².